The average Bonchev–Trinajstić information content (AvgIpc) is 2.57. The zero-order chi connectivity index (χ0) is 16.2. The second-order valence-corrected chi connectivity index (χ2v) is 9.65. The van der Waals surface area contributed by atoms with Crippen LogP contribution in [0.15, 0.2) is 0 Å². The lowest BCUT2D eigenvalue weighted by Crippen LogP contribution is -2.32. The first kappa shape index (κ1) is 18.0. The first-order valence-electron chi connectivity index (χ1n) is 10.4. The molecule has 23 heavy (non-hydrogen) atoms. The van der Waals surface area contributed by atoms with Crippen molar-refractivity contribution in [2.24, 2.45) is 29.6 Å². The Kier molecular flexibility index (Phi) is 6.70. The molecule has 0 heterocycles. The smallest absolute Gasteiger partial charge is 0.117 e. The second-order valence-electron chi connectivity index (χ2n) is 9.09. The second kappa shape index (κ2) is 8.54. The van der Waals surface area contributed by atoms with Gasteiger partial charge in [0.05, 0.1) is 5.38 Å². The van der Waals surface area contributed by atoms with Crippen molar-refractivity contribution in [3.63, 3.8) is 0 Å². The Balaban J connectivity index is 1.34. The third kappa shape index (κ3) is 5.10. The summed E-state index contributed by atoms with van der Waals surface area (Å²) in [6.45, 7) is 2.41. The molecule has 3 unspecified atom stereocenters. The van der Waals surface area contributed by atoms with Gasteiger partial charge in [0.25, 0.3) is 0 Å². The molecule has 0 spiro atoms. The van der Waals surface area contributed by atoms with Crippen molar-refractivity contribution < 1.29 is 4.39 Å². The van der Waals surface area contributed by atoms with E-state index in [1.165, 1.54) is 70.6 Å². The molecule has 0 nitrogen and oxygen atoms in total. The number of halogens is 2. The van der Waals surface area contributed by atoms with Crippen LogP contribution in [0.25, 0.3) is 0 Å². The molecular formula is C21H36ClF. The van der Waals surface area contributed by atoms with Crippen LogP contribution in [0.3, 0.4) is 0 Å². The Morgan fingerprint density at radius 2 is 1.26 bits per heavy atom. The zero-order valence-electron chi connectivity index (χ0n) is 15.0. The molecule has 0 aromatic carbocycles. The molecule has 0 aromatic heterocycles. The Bertz CT molecular complexity index is 342. The fourth-order valence-electron chi connectivity index (χ4n) is 5.57. The van der Waals surface area contributed by atoms with Crippen molar-refractivity contribution in [3.8, 4) is 0 Å². The number of rotatable bonds is 4. The molecule has 0 saturated heterocycles. The Morgan fingerprint density at radius 1 is 0.739 bits per heavy atom. The van der Waals surface area contributed by atoms with Crippen LogP contribution >= 0.6 is 11.6 Å². The summed E-state index contributed by atoms with van der Waals surface area (Å²) in [5.41, 5.74) is 0. The average molecular weight is 343 g/mol. The maximum absolute atomic E-state index is 13.9. The van der Waals surface area contributed by atoms with E-state index < -0.39 is 6.17 Å². The number of hydrogen-bond acceptors (Lipinski definition) is 0. The molecule has 3 aliphatic carbocycles. The van der Waals surface area contributed by atoms with E-state index in [0.717, 1.165) is 36.5 Å². The zero-order valence-corrected chi connectivity index (χ0v) is 15.7. The summed E-state index contributed by atoms with van der Waals surface area (Å²) in [6, 6.07) is 0. The largest absolute Gasteiger partial charge is 0.246 e. The standard InChI is InChI=1S/C21H36ClF/c1-15-2-4-16(5-3-15)6-7-17-8-10-18(11-9-17)19-12-13-20(22)21(23)14-19/h15-21H,2-14H2,1H3. The van der Waals surface area contributed by atoms with Gasteiger partial charge in [-0.2, -0.15) is 0 Å². The summed E-state index contributed by atoms with van der Waals surface area (Å²) >= 11 is 6.04. The van der Waals surface area contributed by atoms with Gasteiger partial charge in [-0.25, -0.2) is 4.39 Å². The van der Waals surface area contributed by atoms with Gasteiger partial charge in [0.15, 0.2) is 0 Å². The van der Waals surface area contributed by atoms with E-state index in [2.05, 4.69) is 6.92 Å². The maximum Gasteiger partial charge on any atom is 0.117 e. The summed E-state index contributed by atoms with van der Waals surface area (Å²) in [5, 5.41) is -0.208. The first-order chi connectivity index (χ1) is 11.1. The molecule has 0 N–H and O–H groups in total. The normalized spacial score (nSPS) is 45.8. The molecule has 0 radical (unpaired) electrons. The van der Waals surface area contributed by atoms with Crippen molar-refractivity contribution in [2.75, 3.05) is 0 Å². The SMILES string of the molecule is CC1CCC(CCC2CCC(C3CCC(Cl)C(F)C3)CC2)CC1. The predicted octanol–water partition coefficient (Wildman–Crippen LogP) is 7.14. The molecule has 3 rings (SSSR count). The van der Waals surface area contributed by atoms with Crippen LogP contribution in [-0.2, 0) is 0 Å². The van der Waals surface area contributed by atoms with Crippen molar-refractivity contribution >= 4 is 11.6 Å². The van der Waals surface area contributed by atoms with Gasteiger partial charge in [-0.15, -0.1) is 11.6 Å². The Labute approximate surface area is 147 Å². The molecule has 3 fully saturated rings. The molecule has 3 saturated carbocycles. The highest BCUT2D eigenvalue weighted by atomic mass is 35.5. The molecular weight excluding hydrogens is 307 g/mol. The molecule has 3 aliphatic rings. The van der Waals surface area contributed by atoms with Gasteiger partial charge in [0.2, 0.25) is 0 Å². The van der Waals surface area contributed by atoms with Gasteiger partial charge in [0, 0.05) is 0 Å². The number of hydrogen-bond donors (Lipinski definition) is 0. The van der Waals surface area contributed by atoms with E-state index in [1.807, 2.05) is 0 Å². The Morgan fingerprint density at radius 3 is 1.83 bits per heavy atom. The van der Waals surface area contributed by atoms with Crippen molar-refractivity contribution in [2.45, 2.75) is 102 Å². The van der Waals surface area contributed by atoms with Crippen LogP contribution in [0.2, 0.25) is 0 Å². The molecule has 134 valence electrons. The molecule has 0 amide bonds. The summed E-state index contributed by atoms with van der Waals surface area (Å²) in [5.74, 6) is 4.39. The molecule has 0 aromatic rings. The number of alkyl halides is 2. The quantitative estimate of drug-likeness (QED) is 0.476. The highest BCUT2D eigenvalue weighted by molar-refractivity contribution is 6.21. The van der Waals surface area contributed by atoms with Gasteiger partial charge in [-0.05, 0) is 61.7 Å². The fraction of sp³-hybridized carbons (Fsp3) is 1.00. The fourth-order valence-corrected chi connectivity index (χ4v) is 5.80. The minimum atomic E-state index is -0.748. The van der Waals surface area contributed by atoms with E-state index in [0.29, 0.717) is 5.92 Å². The lowest BCUT2D eigenvalue weighted by molar-refractivity contribution is 0.116. The summed E-state index contributed by atoms with van der Waals surface area (Å²) in [7, 11) is 0. The monoisotopic (exact) mass is 342 g/mol. The molecule has 0 bridgehead atoms. The van der Waals surface area contributed by atoms with Crippen LogP contribution in [0.1, 0.15) is 90.4 Å². The van der Waals surface area contributed by atoms with E-state index >= 15 is 0 Å². The van der Waals surface area contributed by atoms with Crippen molar-refractivity contribution in [1.29, 1.82) is 0 Å². The molecule has 0 aliphatic heterocycles. The molecule has 3 atom stereocenters. The highest BCUT2D eigenvalue weighted by Gasteiger charge is 2.35. The maximum atomic E-state index is 13.9. The van der Waals surface area contributed by atoms with Gasteiger partial charge in [-0.3, -0.25) is 0 Å². The summed E-state index contributed by atoms with van der Waals surface area (Å²) in [6.07, 6.45) is 16.4. The van der Waals surface area contributed by atoms with E-state index in [-0.39, 0.29) is 5.38 Å². The van der Waals surface area contributed by atoms with Crippen LogP contribution in [0.4, 0.5) is 4.39 Å². The van der Waals surface area contributed by atoms with Crippen LogP contribution in [-0.4, -0.2) is 11.5 Å². The Hall–Kier alpha value is 0.220. The predicted molar refractivity (Wildman–Crippen MR) is 97.7 cm³/mol. The van der Waals surface area contributed by atoms with Crippen LogP contribution < -0.4 is 0 Å². The third-order valence-electron chi connectivity index (χ3n) is 7.41. The summed E-state index contributed by atoms with van der Waals surface area (Å²) in [4.78, 5) is 0. The van der Waals surface area contributed by atoms with Gasteiger partial charge >= 0.3 is 0 Å². The lowest BCUT2D eigenvalue weighted by atomic mass is 9.69. The van der Waals surface area contributed by atoms with Gasteiger partial charge in [-0.1, -0.05) is 58.3 Å². The van der Waals surface area contributed by atoms with Gasteiger partial charge < -0.3 is 0 Å². The van der Waals surface area contributed by atoms with Crippen LogP contribution in [0, 0.1) is 29.6 Å². The van der Waals surface area contributed by atoms with Crippen molar-refractivity contribution in [3.05, 3.63) is 0 Å². The van der Waals surface area contributed by atoms with E-state index in [4.69, 9.17) is 11.6 Å². The van der Waals surface area contributed by atoms with Crippen molar-refractivity contribution in [1.82, 2.24) is 0 Å². The minimum Gasteiger partial charge on any atom is -0.246 e. The van der Waals surface area contributed by atoms with E-state index in [1.54, 1.807) is 0 Å². The van der Waals surface area contributed by atoms with E-state index in [9.17, 15) is 4.39 Å². The first-order valence-corrected chi connectivity index (χ1v) is 10.8. The molecule has 2 heteroatoms. The minimum absolute atomic E-state index is 0.208. The van der Waals surface area contributed by atoms with Crippen LogP contribution in [0.5, 0.6) is 0 Å². The lowest BCUT2D eigenvalue weighted by Gasteiger charge is -2.38. The van der Waals surface area contributed by atoms with Gasteiger partial charge in [0.1, 0.15) is 6.17 Å². The highest BCUT2D eigenvalue weighted by Crippen LogP contribution is 2.43. The topological polar surface area (TPSA) is 0 Å². The summed E-state index contributed by atoms with van der Waals surface area (Å²) < 4.78 is 13.9. The third-order valence-corrected chi connectivity index (χ3v) is 7.90.